The van der Waals surface area contributed by atoms with E-state index in [-0.39, 0.29) is 41.8 Å². The van der Waals surface area contributed by atoms with Crippen LogP contribution in [0.4, 0.5) is 0 Å². The molecule has 31 heavy (non-hydrogen) atoms. The minimum Gasteiger partial charge on any atom is -0.507 e. The third-order valence-electron chi connectivity index (χ3n) is 5.73. The minimum atomic E-state index is -0.969. The highest BCUT2D eigenvalue weighted by Gasteiger charge is 2.44. The number of ether oxygens (including phenoxy) is 2. The van der Waals surface area contributed by atoms with Gasteiger partial charge in [-0.1, -0.05) is 30.3 Å². The van der Waals surface area contributed by atoms with E-state index in [4.69, 9.17) is 14.6 Å². The molecular weight excluding hydrogens is 396 g/mol. The number of phenolic OH excluding ortho intramolecular Hbond substituents is 1. The van der Waals surface area contributed by atoms with E-state index in [0.29, 0.717) is 5.75 Å². The number of aliphatic carboxylic acids is 1. The summed E-state index contributed by atoms with van der Waals surface area (Å²) in [6.07, 6.45) is 2.72. The van der Waals surface area contributed by atoms with Gasteiger partial charge in [0.2, 0.25) is 0 Å². The molecule has 6 nitrogen and oxygen atoms in total. The van der Waals surface area contributed by atoms with Crippen molar-refractivity contribution in [3.8, 4) is 17.2 Å². The molecule has 0 aliphatic carbocycles. The number of carbonyl (C=O) groups is 2. The monoisotopic (exact) mass is 426 g/mol. The molecule has 2 unspecified atom stereocenters. The maximum Gasteiger partial charge on any atom is 0.303 e. The lowest BCUT2D eigenvalue weighted by atomic mass is 9.78. The SMILES string of the molecule is CC(CCCc1ccccc1)Oc1cc(O)c2c(c1)OC(C)(C)C(CCC(=O)O)C2=O. The average molecular weight is 427 g/mol. The highest BCUT2D eigenvalue weighted by molar-refractivity contribution is 6.04. The molecule has 2 aromatic carbocycles. The molecule has 0 saturated carbocycles. The number of fused-ring (bicyclic) bond motifs is 1. The molecule has 0 amide bonds. The van der Waals surface area contributed by atoms with Crippen molar-refractivity contribution in [1.29, 1.82) is 0 Å². The van der Waals surface area contributed by atoms with Crippen LogP contribution in [0, 0.1) is 5.92 Å². The Labute approximate surface area is 182 Å². The maximum absolute atomic E-state index is 13.0. The molecule has 0 spiro atoms. The lowest BCUT2D eigenvalue weighted by Gasteiger charge is -2.39. The summed E-state index contributed by atoms with van der Waals surface area (Å²) >= 11 is 0. The quantitative estimate of drug-likeness (QED) is 0.585. The van der Waals surface area contributed by atoms with Gasteiger partial charge in [0.25, 0.3) is 0 Å². The van der Waals surface area contributed by atoms with Gasteiger partial charge >= 0.3 is 5.97 Å². The predicted octanol–water partition coefficient (Wildman–Crippen LogP) is 5.02. The first kappa shape index (κ1) is 22.7. The summed E-state index contributed by atoms with van der Waals surface area (Å²) < 4.78 is 12.0. The Morgan fingerprint density at radius 2 is 1.94 bits per heavy atom. The Hall–Kier alpha value is -3.02. The van der Waals surface area contributed by atoms with Crippen molar-refractivity contribution in [2.24, 2.45) is 5.92 Å². The first-order valence-corrected chi connectivity index (χ1v) is 10.7. The molecule has 1 aliphatic rings. The third kappa shape index (κ3) is 5.57. The van der Waals surface area contributed by atoms with E-state index in [1.165, 1.54) is 11.6 Å². The molecule has 1 aliphatic heterocycles. The Morgan fingerprint density at radius 1 is 1.23 bits per heavy atom. The number of Topliss-reactive ketones (excluding diaryl/α,β-unsaturated/α-hetero) is 1. The number of aryl methyl sites for hydroxylation is 1. The first-order chi connectivity index (χ1) is 14.7. The van der Waals surface area contributed by atoms with E-state index in [0.717, 1.165) is 19.3 Å². The number of hydrogen-bond acceptors (Lipinski definition) is 5. The highest BCUT2D eigenvalue weighted by Crippen LogP contribution is 2.44. The summed E-state index contributed by atoms with van der Waals surface area (Å²) in [7, 11) is 0. The van der Waals surface area contributed by atoms with Gasteiger partial charge in [-0.3, -0.25) is 9.59 Å². The maximum atomic E-state index is 13.0. The molecule has 0 bridgehead atoms. The number of benzene rings is 2. The fourth-order valence-corrected chi connectivity index (χ4v) is 4.09. The third-order valence-corrected chi connectivity index (χ3v) is 5.73. The van der Waals surface area contributed by atoms with Crippen molar-refractivity contribution >= 4 is 11.8 Å². The zero-order valence-electron chi connectivity index (χ0n) is 18.3. The zero-order chi connectivity index (χ0) is 22.6. The summed E-state index contributed by atoms with van der Waals surface area (Å²) in [5.41, 5.74) is 0.498. The van der Waals surface area contributed by atoms with Crippen LogP contribution in [0.25, 0.3) is 0 Å². The lowest BCUT2D eigenvalue weighted by Crippen LogP contribution is -2.46. The summed E-state index contributed by atoms with van der Waals surface area (Å²) in [5, 5.41) is 19.5. The molecular formula is C25H30O6. The zero-order valence-corrected chi connectivity index (χ0v) is 18.3. The van der Waals surface area contributed by atoms with Crippen LogP contribution in [0.1, 0.15) is 62.4 Å². The smallest absolute Gasteiger partial charge is 0.303 e. The number of carboxylic acids is 1. The predicted molar refractivity (Wildman–Crippen MR) is 117 cm³/mol. The van der Waals surface area contributed by atoms with Gasteiger partial charge in [-0.2, -0.15) is 0 Å². The topological polar surface area (TPSA) is 93.1 Å². The van der Waals surface area contributed by atoms with Gasteiger partial charge in [-0.15, -0.1) is 0 Å². The van der Waals surface area contributed by atoms with E-state index in [2.05, 4.69) is 12.1 Å². The van der Waals surface area contributed by atoms with E-state index < -0.39 is 17.5 Å². The molecule has 0 fully saturated rings. The fraction of sp³-hybridized carbons (Fsp3) is 0.440. The fourth-order valence-electron chi connectivity index (χ4n) is 4.09. The Morgan fingerprint density at radius 3 is 2.61 bits per heavy atom. The van der Waals surface area contributed by atoms with Gasteiger partial charge in [0.05, 0.1) is 12.0 Å². The van der Waals surface area contributed by atoms with Gasteiger partial charge in [0.1, 0.15) is 28.4 Å². The number of hydrogen-bond donors (Lipinski definition) is 2. The normalized spacial score (nSPS) is 18.0. The van der Waals surface area contributed by atoms with Crippen molar-refractivity contribution in [2.45, 2.75) is 64.6 Å². The minimum absolute atomic E-state index is 0.0724. The molecule has 6 heteroatoms. The van der Waals surface area contributed by atoms with Crippen molar-refractivity contribution in [3.05, 3.63) is 53.6 Å². The van der Waals surface area contributed by atoms with Gasteiger partial charge in [0, 0.05) is 18.6 Å². The van der Waals surface area contributed by atoms with Crippen LogP contribution in [0.3, 0.4) is 0 Å². The summed E-state index contributed by atoms with van der Waals surface area (Å²) in [6.45, 7) is 5.49. The Bertz CT molecular complexity index is 935. The summed E-state index contributed by atoms with van der Waals surface area (Å²) in [5.74, 6) is -1.41. The van der Waals surface area contributed by atoms with Gasteiger partial charge < -0.3 is 19.7 Å². The van der Waals surface area contributed by atoms with Gasteiger partial charge in [-0.25, -0.2) is 0 Å². The number of rotatable bonds is 9. The largest absolute Gasteiger partial charge is 0.507 e. The number of carboxylic acid groups (broad SMARTS) is 1. The molecule has 2 atom stereocenters. The van der Waals surface area contributed by atoms with Crippen molar-refractivity contribution in [1.82, 2.24) is 0 Å². The van der Waals surface area contributed by atoms with E-state index >= 15 is 0 Å². The first-order valence-electron chi connectivity index (χ1n) is 10.7. The Balaban J connectivity index is 1.68. The van der Waals surface area contributed by atoms with E-state index in [9.17, 15) is 14.7 Å². The Kier molecular flexibility index (Phi) is 6.88. The molecule has 0 radical (unpaired) electrons. The lowest BCUT2D eigenvalue weighted by molar-refractivity contribution is -0.137. The van der Waals surface area contributed by atoms with Crippen LogP contribution < -0.4 is 9.47 Å². The van der Waals surface area contributed by atoms with Crippen molar-refractivity contribution in [2.75, 3.05) is 0 Å². The molecule has 1 heterocycles. The van der Waals surface area contributed by atoms with Gasteiger partial charge in [-0.05, 0) is 52.0 Å². The second-order valence-corrected chi connectivity index (χ2v) is 8.68. The molecule has 0 aromatic heterocycles. The van der Waals surface area contributed by atoms with Crippen LogP contribution in [-0.4, -0.2) is 33.7 Å². The van der Waals surface area contributed by atoms with E-state index in [1.807, 2.05) is 25.1 Å². The van der Waals surface area contributed by atoms with Crippen molar-refractivity contribution in [3.63, 3.8) is 0 Å². The molecule has 0 saturated heterocycles. The standard InChI is InChI=1S/C25H30O6/c1-16(8-7-11-17-9-5-4-6-10-17)30-18-14-20(26)23-21(15-18)31-25(2,3)19(24(23)29)12-13-22(27)28/h4-6,9-10,14-16,19,26H,7-8,11-13H2,1-3H3,(H,27,28). The van der Waals surface area contributed by atoms with Crippen LogP contribution in [0.2, 0.25) is 0 Å². The highest BCUT2D eigenvalue weighted by atomic mass is 16.5. The number of aromatic hydroxyl groups is 1. The van der Waals surface area contributed by atoms with Crippen molar-refractivity contribution < 1.29 is 29.3 Å². The summed E-state index contributed by atoms with van der Waals surface area (Å²) in [6, 6.07) is 13.3. The molecule has 2 aromatic rings. The van der Waals surface area contributed by atoms with E-state index in [1.54, 1.807) is 19.9 Å². The average Bonchev–Trinajstić information content (AvgIpc) is 2.67. The second kappa shape index (κ2) is 9.41. The van der Waals surface area contributed by atoms with Crippen LogP contribution in [0.15, 0.2) is 42.5 Å². The molecule has 166 valence electrons. The van der Waals surface area contributed by atoms with Gasteiger partial charge in [0.15, 0.2) is 5.78 Å². The second-order valence-electron chi connectivity index (χ2n) is 8.68. The number of ketones is 1. The summed E-state index contributed by atoms with van der Waals surface area (Å²) in [4.78, 5) is 24.0. The van der Waals surface area contributed by atoms with Crippen LogP contribution in [-0.2, 0) is 11.2 Å². The number of carbonyl (C=O) groups excluding carboxylic acids is 1. The van der Waals surface area contributed by atoms with Crippen LogP contribution >= 0.6 is 0 Å². The number of phenols is 1. The molecule has 2 N–H and O–H groups in total. The van der Waals surface area contributed by atoms with Crippen LogP contribution in [0.5, 0.6) is 17.2 Å². The molecule has 3 rings (SSSR count).